The fraction of sp³-hybridized carbons (Fsp3) is 0.125. The van der Waals surface area contributed by atoms with E-state index in [9.17, 15) is 19.2 Å². The van der Waals surface area contributed by atoms with Crippen LogP contribution in [-0.4, -0.2) is 19.0 Å². The van der Waals surface area contributed by atoms with Crippen LogP contribution in [0.25, 0.3) is 0 Å². The Labute approximate surface area is 140 Å². The number of amides is 1. The number of carbonyl (C=O) groups excluding carboxylic acids is 2. The van der Waals surface area contributed by atoms with Crippen molar-refractivity contribution in [2.75, 3.05) is 12.4 Å². The molecule has 2 aromatic rings. The molecule has 1 heterocycles. The van der Waals surface area contributed by atoms with Crippen molar-refractivity contribution in [2.24, 2.45) is 0 Å². The quantitative estimate of drug-likeness (QED) is 0.863. The number of nitrogens with one attached hydrogen (secondary N) is 1. The van der Waals surface area contributed by atoms with Crippen molar-refractivity contribution in [1.82, 2.24) is 0 Å². The Morgan fingerprint density at radius 1 is 1.29 bits per heavy atom. The first-order chi connectivity index (χ1) is 11.4. The van der Waals surface area contributed by atoms with E-state index in [0.717, 1.165) is 17.4 Å². The van der Waals surface area contributed by atoms with Gasteiger partial charge < -0.3 is 10.1 Å². The second kappa shape index (κ2) is 6.90. The molecule has 0 radical (unpaired) electrons. The summed E-state index contributed by atoms with van der Waals surface area (Å²) < 4.78 is 18.5. The molecule has 8 heteroatoms. The molecule has 0 saturated heterocycles. The molecule has 24 heavy (non-hydrogen) atoms. The van der Waals surface area contributed by atoms with Crippen LogP contribution in [0.1, 0.15) is 36.7 Å². The van der Waals surface area contributed by atoms with Crippen molar-refractivity contribution in [3.05, 3.63) is 51.1 Å². The van der Waals surface area contributed by atoms with Crippen LogP contribution in [0.2, 0.25) is 0 Å². The second-order valence-corrected chi connectivity index (χ2v) is 5.64. The van der Waals surface area contributed by atoms with Crippen LogP contribution < -0.4 is 5.32 Å². The number of halogens is 1. The lowest BCUT2D eigenvalue weighted by atomic mass is 10.1. The molecule has 0 unspecified atom stereocenters. The summed E-state index contributed by atoms with van der Waals surface area (Å²) in [6.45, 7) is 1.55. The van der Waals surface area contributed by atoms with E-state index in [1.165, 1.54) is 19.2 Å². The summed E-state index contributed by atoms with van der Waals surface area (Å²) in [7, 11) is 1.21. The zero-order chi connectivity index (χ0) is 17.9. The summed E-state index contributed by atoms with van der Waals surface area (Å²) >= 11 is 0.876. The molecule has 0 aliphatic carbocycles. The first kappa shape index (κ1) is 17.1. The van der Waals surface area contributed by atoms with Crippen molar-refractivity contribution >= 4 is 28.2 Å². The standard InChI is InChI=1S/C16H10FN3O3S/c1-8-11(7-19)15(24-13(8)16(22)23-2)20-14(21)10-4-3-9(6-18)5-12(10)17/h3-5H,1-2H3,(H,20,21). The molecule has 0 fully saturated rings. The van der Waals surface area contributed by atoms with E-state index in [1.54, 1.807) is 13.0 Å². The highest BCUT2D eigenvalue weighted by molar-refractivity contribution is 7.18. The minimum absolute atomic E-state index is 0.0849. The molecular formula is C16H10FN3O3S. The maximum Gasteiger partial charge on any atom is 0.348 e. The van der Waals surface area contributed by atoms with Gasteiger partial charge in [-0.25, -0.2) is 9.18 Å². The number of carbonyl (C=O) groups is 2. The molecule has 1 amide bonds. The van der Waals surface area contributed by atoms with Crippen LogP contribution in [0.15, 0.2) is 18.2 Å². The highest BCUT2D eigenvalue weighted by Gasteiger charge is 2.23. The number of ether oxygens (including phenoxy) is 1. The summed E-state index contributed by atoms with van der Waals surface area (Å²) in [5, 5.41) is 20.5. The lowest BCUT2D eigenvalue weighted by Crippen LogP contribution is -2.13. The Hall–Kier alpha value is -3.23. The number of rotatable bonds is 3. The number of hydrogen-bond donors (Lipinski definition) is 1. The Bertz CT molecular complexity index is 922. The van der Waals surface area contributed by atoms with Crippen LogP contribution in [0.4, 0.5) is 9.39 Å². The van der Waals surface area contributed by atoms with Gasteiger partial charge >= 0.3 is 5.97 Å². The normalized spacial score (nSPS) is 9.71. The first-order valence-electron chi connectivity index (χ1n) is 6.55. The molecule has 0 bridgehead atoms. The van der Waals surface area contributed by atoms with E-state index in [-0.39, 0.29) is 26.6 Å². The van der Waals surface area contributed by atoms with Gasteiger partial charge in [-0.2, -0.15) is 10.5 Å². The van der Waals surface area contributed by atoms with Crippen LogP contribution in [0.3, 0.4) is 0 Å². The molecule has 0 saturated carbocycles. The molecule has 1 N–H and O–H groups in total. The fourth-order valence-corrected chi connectivity index (χ4v) is 3.03. The van der Waals surface area contributed by atoms with Crippen LogP contribution in [-0.2, 0) is 4.74 Å². The lowest BCUT2D eigenvalue weighted by molar-refractivity contribution is 0.0605. The second-order valence-electron chi connectivity index (χ2n) is 4.62. The topological polar surface area (TPSA) is 103 Å². The van der Waals surface area contributed by atoms with Gasteiger partial charge in [0.25, 0.3) is 5.91 Å². The Balaban J connectivity index is 2.38. The summed E-state index contributed by atoms with van der Waals surface area (Å²) in [6.07, 6.45) is 0. The number of nitriles is 2. The van der Waals surface area contributed by atoms with Gasteiger partial charge in [-0.3, -0.25) is 4.79 Å². The Kier molecular flexibility index (Phi) is 4.93. The van der Waals surface area contributed by atoms with Crippen molar-refractivity contribution in [2.45, 2.75) is 6.92 Å². The van der Waals surface area contributed by atoms with E-state index in [2.05, 4.69) is 10.1 Å². The lowest BCUT2D eigenvalue weighted by Gasteiger charge is -2.05. The minimum atomic E-state index is -0.855. The number of nitrogens with zero attached hydrogens (tertiary/aromatic N) is 2. The third kappa shape index (κ3) is 3.09. The number of anilines is 1. The molecule has 2 rings (SSSR count). The molecule has 0 atom stereocenters. The maximum atomic E-state index is 13.9. The third-order valence-corrected chi connectivity index (χ3v) is 4.39. The SMILES string of the molecule is COC(=O)c1sc(NC(=O)c2ccc(C#N)cc2F)c(C#N)c1C. The van der Waals surface area contributed by atoms with Gasteiger partial charge in [0.2, 0.25) is 0 Å². The molecule has 6 nitrogen and oxygen atoms in total. The summed E-state index contributed by atoms with van der Waals surface area (Å²) in [5.74, 6) is -2.27. The molecule has 1 aromatic heterocycles. The van der Waals surface area contributed by atoms with E-state index in [0.29, 0.717) is 5.56 Å². The van der Waals surface area contributed by atoms with Gasteiger partial charge in [0.05, 0.1) is 29.9 Å². The van der Waals surface area contributed by atoms with Crippen LogP contribution in [0, 0.1) is 35.4 Å². The van der Waals surface area contributed by atoms with Crippen molar-refractivity contribution in [3.63, 3.8) is 0 Å². The molecule has 0 spiro atoms. The van der Waals surface area contributed by atoms with E-state index < -0.39 is 17.7 Å². The van der Waals surface area contributed by atoms with E-state index in [4.69, 9.17) is 5.26 Å². The highest BCUT2D eigenvalue weighted by atomic mass is 32.1. The molecular weight excluding hydrogens is 333 g/mol. The number of thiophene rings is 1. The summed E-state index contributed by atoms with van der Waals surface area (Å²) in [6, 6.07) is 7.10. The molecule has 0 aliphatic heterocycles. The van der Waals surface area contributed by atoms with Gasteiger partial charge in [-0.15, -0.1) is 11.3 Å². The van der Waals surface area contributed by atoms with Gasteiger partial charge in [-0.05, 0) is 30.7 Å². The van der Waals surface area contributed by atoms with Crippen molar-refractivity contribution in [3.8, 4) is 12.1 Å². The zero-order valence-corrected chi connectivity index (χ0v) is 13.5. The minimum Gasteiger partial charge on any atom is -0.465 e. The number of esters is 1. The summed E-state index contributed by atoms with van der Waals surface area (Å²) in [4.78, 5) is 24.1. The Morgan fingerprint density at radius 3 is 2.54 bits per heavy atom. The average molecular weight is 343 g/mol. The van der Waals surface area contributed by atoms with Gasteiger partial charge in [0.1, 0.15) is 21.8 Å². The summed E-state index contributed by atoms with van der Waals surface area (Å²) in [5.41, 5.74) is 0.304. The van der Waals surface area contributed by atoms with Crippen LogP contribution >= 0.6 is 11.3 Å². The first-order valence-corrected chi connectivity index (χ1v) is 7.37. The smallest absolute Gasteiger partial charge is 0.348 e. The number of methoxy groups -OCH3 is 1. The number of benzene rings is 1. The molecule has 0 aliphatic rings. The van der Waals surface area contributed by atoms with E-state index >= 15 is 0 Å². The van der Waals surface area contributed by atoms with Crippen molar-refractivity contribution < 1.29 is 18.7 Å². The monoisotopic (exact) mass is 343 g/mol. The maximum absolute atomic E-state index is 13.9. The molecule has 120 valence electrons. The van der Waals surface area contributed by atoms with E-state index in [1.807, 2.05) is 6.07 Å². The predicted molar refractivity (Wildman–Crippen MR) is 84.2 cm³/mol. The van der Waals surface area contributed by atoms with Gasteiger partial charge in [0, 0.05) is 0 Å². The average Bonchev–Trinajstić information content (AvgIpc) is 2.89. The van der Waals surface area contributed by atoms with Crippen molar-refractivity contribution in [1.29, 1.82) is 10.5 Å². The number of hydrogen-bond acceptors (Lipinski definition) is 6. The Morgan fingerprint density at radius 2 is 2.00 bits per heavy atom. The highest BCUT2D eigenvalue weighted by Crippen LogP contribution is 2.33. The van der Waals surface area contributed by atoms with Crippen LogP contribution in [0.5, 0.6) is 0 Å². The predicted octanol–water partition coefficient (Wildman–Crippen LogP) is 2.98. The molecule has 1 aromatic carbocycles. The zero-order valence-electron chi connectivity index (χ0n) is 12.6. The largest absolute Gasteiger partial charge is 0.465 e. The fourth-order valence-electron chi connectivity index (χ4n) is 1.96. The van der Waals surface area contributed by atoms with Gasteiger partial charge in [0.15, 0.2) is 0 Å². The third-order valence-electron chi connectivity index (χ3n) is 3.20. The van der Waals surface area contributed by atoms with Gasteiger partial charge in [-0.1, -0.05) is 0 Å².